The maximum atomic E-state index is 12.2. The van der Waals surface area contributed by atoms with E-state index in [1.54, 1.807) is 12.1 Å². The van der Waals surface area contributed by atoms with Gasteiger partial charge in [0.1, 0.15) is 11.9 Å². The summed E-state index contributed by atoms with van der Waals surface area (Å²) in [4.78, 5) is 18.6. The molecule has 1 aliphatic heterocycles. The zero-order valence-electron chi connectivity index (χ0n) is 13.3. The van der Waals surface area contributed by atoms with E-state index >= 15 is 0 Å². The number of nitrogens with zero attached hydrogens (tertiary/aromatic N) is 3. The molecule has 2 aromatic heterocycles. The summed E-state index contributed by atoms with van der Waals surface area (Å²) < 4.78 is 5.22. The van der Waals surface area contributed by atoms with Crippen LogP contribution in [0.1, 0.15) is 34.7 Å². The van der Waals surface area contributed by atoms with Gasteiger partial charge in [-0.3, -0.25) is 4.79 Å². The van der Waals surface area contributed by atoms with Gasteiger partial charge in [-0.15, -0.1) is 0 Å². The Morgan fingerprint density at radius 2 is 2.17 bits per heavy atom. The van der Waals surface area contributed by atoms with Gasteiger partial charge >= 0.3 is 0 Å². The highest BCUT2D eigenvalue weighted by Gasteiger charge is 2.23. The molecule has 0 unspecified atom stereocenters. The van der Waals surface area contributed by atoms with E-state index in [2.05, 4.69) is 15.2 Å². The number of carbonyl (C=O) groups excluding carboxylic acids is 1. The van der Waals surface area contributed by atoms with E-state index in [9.17, 15) is 4.79 Å². The zero-order chi connectivity index (χ0) is 17.1. The molecule has 7 heteroatoms. The number of aromatic nitrogens is 1. The van der Waals surface area contributed by atoms with Crippen molar-refractivity contribution in [3.8, 4) is 6.07 Å². The number of anilines is 1. The van der Waals surface area contributed by atoms with Gasteiger partial charge in [-0.1, -0.05) is 11.6 Å². The molecular weight excluding hydrogens is 328 g/mol. The smallest absolute Gasteiger partial charge is 0.287 e. The minimum atomic E-state index is -0.174. The fourth-order valence-corrected chi connectivity index (χ4v) is 2.94. The first-order valence-corrected chi connectivity index (χ1v) is 8.13. The highest BCUT2D eigenvalue weighted by atomic mass is 35.5. The molecule has 2 aromatic rings. The van der Waals surface area contributed by atoms with E-state index in [0.29, 0.717) is 10.8 Å². The molecule has 0 aromatic carbocycles. The van der Waals surface area contributed by atoms with Crippen LogP contribution in [0.5, 0.6) is 0 Å². The van der Waals surface area contributed by atoms with Crippen molar-refractivity contribution in [2.75, 3.05) is 18.0 Å². The van der Waals surface area contributed by atoms with Crippen molar-refractivity contribution < 1.29 is 9.21 Å². The number of nitriles is 1. The Bertz CT molecular complexity index is 788. The number of piperidine rings is 1. The second-order valence-electron chi connectivity index (χ2n) is 5.78. The largest absolute Gasteiger partial charge is 0.459 e. The first-order valence-electron chi connectivity index (χ1n) is 7.75. The summed E-state index contributed by atoms with van der Waals surface area (Å²) in [7, 11) is 0. The monoisotopic (exact) mass is 344 g/mol. The van der Waals surface area contributed by atoms with Crippen LogP contribution in [0.15, 0.2) is 28.9 Å². The second-order valence-corrected chi connectivity index (χ2v) is 6.19. The van der Waals surface area contributed by atoms with Gasteiger partial charge in [0.2, 0.25) is 0 Å². The Labute approximate surface area is 145 Å². The van der Waals surface area contributed by atoms with Crippen LogP contribution in [-0.4, -0.2) is 30.0 Å². The molecule has 6 nitrogen and oxygen atoms in total. The third-order valence-electron chi connectivity index (χ3n) is 4.16. The minimum Gasteiger partial charge on any atom is -0.459 e. The minimum absolute atomic E-state index is 0.0981. The molecule has 24 heavy (non-hydrogen) atoms. The molecule has 0 aliphatic carbocycles. The highest BCUT2D eigenvalue weighted by Crippen LogP contribution is 2.22. The van der Waals surface area contributed by atoms with Crippen LogP contribution in [0, 0.1) is 18.3 Å². The highest BCUT2D eigenvalue weighted by molar-refractivity contribution is 6.31. The molecule has 1 aliphatic rings. The predicted octanol–water partition coefficient (Wildman–Crippen LogP) is 2.91. The zero-order valence-corrected chi connectivity index (χ0v) is 14.0. The van der Waals surface area contributed by atoms with E-state index in [4.69, 9.17) is 21.3 Å². The summed E-state index contributed by atoms with van der Waals surface area (Å²) >= 11 is 5.92. The fourth-order valence-electron chi connectivity index (χ4n) is 2.80. The number of carbonyl (C=O) groups is 1. The summed E-state index contributed by atoms with van der Waals surface area (Å²) in [6, 6.07) is 7.37. The number of halogens is 1. The van der Waals surface area contributed by atoms with E-state index in [1.165, 1.54) is 6.26 Å². The van der Waals surface area contributed by atoms with Crippen molar-refractivity contribution in [3.63, 3.8) is 0 Å². The summed E-state index contributed by atoms with van der Waals surface area (Å²) in [6.07, 6.45) is 3.13. The maximum Gasteiger partial charge on any atom is 0.287 e. The molecule has 0 radical (unpaired) electrons. The number of rotatable bonds is 3. The van der Waals surface area contributed by atoms with Crippen LogP contribution in [0.4, 0.5) is 5.82 Å². The fraction of sp³-hybridized carbons (Fsp3) is 0.353. The summed E-state index contributed by atoms with van der Waals surface area (Å²) in [5.74, 6) is 0.936. The molecule has 0 atom stereocenters. The first kappa shape index (κ1) is 16.3. The van der Waals surface area contributed by atoms with Crippen LogP contribution < -0.4 is 10.2 Å². The van der Waals surface area contributed by atoms with Gasteiger partial charge in [0.05, 0.1) is 11.3 Å². The summed E-state index contributed by atoms with van der Waals surface area (Å²) in [5, 5.41) is 12.4. The van der Waals surface area contributed by atoms with E-state index in [-0.39, 0.29) is 17.6 Å². The van der Waals surface area contributed by atoms with Gasteiger partial charge in [-0.05, 0) is 38.0 Å². The lowest BCUT2D eigenvalue weighted by atomic mass is 10.0. The molecule has 3 heterocycles. The molecule has 0 saturated carbocycles. The third-order valence-corrected chi connectivity index (χ3v) is 4.46. The lowest BCUT2D eigenvalue weighted by Gasteiger charge is -2.33. The van der Waals surface area contributed by atoms with Gasteiger partial charge in [0.15, 0.2) is 11.5 Å². The van der Waals surface area contributed by atoms with E-state index in [1.807, 2.05) is 19.1 Å². The molecule has 0 spiro atoms. The summed E-state index contributed by atoms with van der Waals surface area (Å²) in [5.41, 5.74) is 1.07. The third kappa shape index (κ3) is 3.36. The predicted molar refractivity (Wildman–Crippen MR) is 90.1 cm³/mol. The molecule has 124 valence electrons. The van der Waals surface area contributed by atoms with Crippen LogP contribution in [0.2, 0.25) is 5.02 Å². The van der Waals surface area contributed by atoms with Crippen molar-refractivity contribution in [1.82, 2.24) is 10.3 Å². The van der Waals surface area contributed by atoms with Gasteiger partial charge < -0.3 is 14.6 Å². The topological polar surface area (TPSA) is 82.2 Å². The van der Waals surface area contributed by atoms with Crippen molar-refractivity contribution in [3.05, 3.63) is 46.5 Å². The number of hydrogen-bond acceptors (Lipinski definition) is 5. The molecule has 1 N–H and O–H groups in total. The van der Waals surface area contributed by atoms with Crippen molar-refractivity contribution in [2.24, 2.45) is 0 Å². The molecule has 1 saturated heterocycles. The standard InChI is InChI=1S/C17H17ClN4O2/c1-11-6-9-24-16(11)17(23)20-12-4-7-22(8-5-12)15-3-2-13(18)14(10-19)21-15/h2-3,6,9,12H,4-5,7-8H2,1H3,(H,20,23). The second kappa shape index (κ2) is 6.93. The van der Waals surface area contributed by atoms with E-state index < -0.39 is 0 Å². The van der Waals surface area contributed by atoms with Gasteiger partial charge in [0.25, 0.3) is 5.91 Å². The number of hydrogen-bond donors (Lipinski definition) is 1. The maximum absolute atomic E-state index is 12.2. The van der Waals surface area contributed by atoms with Crippen LogP contribution in [-0.2, 0) is 0 Å². The lowest BCUT2D eigenvalue weighted by molar-refractivity contribution is 0.0902. The van der Waals surface area contributed by atoms with Crippen LogP contribution >= 0.6 is 11.6 Å². The van der Waals surface area contributed by atoms with Crippen molar-refractivity contribution in [1.29, 1.82) is 5.26 Å². The quantitative estimate of drug-likeness (QED) is 0.925. The average molecular weight is 345 g/mol. The Hall–Kier alpha value is -2.52. The SMILES string of the molecule is Cc1ccoc1C(=O)NC1CCN(c2ccc(Cl)c(C#N)n2)CC1. The van der Waals surface area contributed by atoms with Gasteiger partial charge in [0, 0.05) is 24.7 Å². The number of nitrogens with one attached hydrogen (secondary N) is 1. The molecule has 3 rings (SSSR count). The Kier molecular flexibility index (Phi) is 4.72. The number of furan rings is 1. The Morgan fingerprint density at radius 3 is 2.79 bits per heavy atom. The first-order chi connectivity index (χ1) is 11.6. The number of aryl methyl sites for hydroxylation is 1. The average Bonchev–Trinajstić information content (AvgIpc) is 3.02. The van der Waals surface area contributed by atoms with Gasteiger partial charge in [-0.2, -0.15) is 5.26 Å². The molecule has 1 fully saturated rings. The van der Waals surface area contributed by atoms with Crippen molar-refractivity contribution in [2.45, 2.75) is 25.8 Å². The van der Waals surface area contributed by atoms with Crippen LogP contribution in [0.3, 0.4) is 0 Å². The Morgan fingerprint density at radius 1 is 1.42 bits per heavy atom. The van der Waals surface area contributed by atoms with Crippen molar-refractivity contribution >= 4 is 23.3 Å². The number of pyridine rings is 1. The molecular formula is C17H17ClN4O2. The van der Waals surface area contributed by atoms with Crippen LogP contribution in [0.25, 0.3) is 0 Å². The number of amides is 1. The van der Waals surface area contributed by atoms with E-state index in [0.717, 1.165) is 37.3 Å². The summed E-state index contributed by atoms with van der Waals surface area (Å²) in [6.45, 7) is 3.35. The molecule has 0 bridgehead atoms. The normalized spacial score (nSPS) is 15.1. The Balaban J connectivity index is 1.59. The molecule has 1 amide bonds. The lowest BCUT2D eigenvalue weighted by Crippen LogP contribution is -2.45. The van der Waals surface area contributed by atoms with Gasteiger partial charge in [-0.25, -0.2) is 4.98 Å².